The zero-order valence-corrected chi connectivity index (χ0v) is 18.6. The third-order valence-corrected chi connectivity index (χ3v) is 6.28. The average Bonchev–Trinajstić information content (AvgIpc) is 2.81. The number of pyridine rings is 1. The Balaban J connectivity index is 1.23. The van der Waals surface area contributed by atoms with Crippen LogP contribution in [0.3, 0.4) is 0 Å². The zero-order valence-electron chi connectivity index (χ0n) is 18.6. The van der Waals surface area contributed by atoms with Crippen molar-refractivity contribution in [3.8, 4) is 5.75 Å². The summed E-state index contributed by atoms with van der Waals surface area (Å²) in [5.41, 5.74) is 6.45. The molecule has 32 heavy (non-hydrogen) atoms. The van der Waals surface area contributed by atoms with Gasteiger partial charge in [0.25, 0.3) is 5.91 Å². The molecule has 1 N–H and O–H groups in total. The van der Waals surface area contributed by atoms with Crippen LogP contribution in [0, 0.1) is 6.92 Å². The van der Waals surface area contributed by atoms with Crippen molar-refractivity contribution in [1.29, 1.82) is 0 Å². The van der Waals surface area contributed by atoms with Crippen LogP contribution in [0.4, 0.5) is 11.4 Å². The first-order chi connectivity index (χ1) is 15.6. The molecule has 0 saturated carbocycles. The normalized spacial score (nSPS) is 17.1. The fourth-order valence-corrected chi connectivity index (χ4v) is 4.40. The molecule has 0 atom stereocenters. The van der Waals surface area contributed by atoms with Gasteiger partial charge in [0.15, 0.2) is 6.61 Å². The van der Waals surface area contributed by atoms with Crippen molar-refractivity contribution in [2.45, 2.75) is 13.8 Å². The van der Waals surface area contributed by atoms with Gasteiger partial charge in [-0.15, -0.1) is 0 Å². The number of aromatic nitrogens is 1. The number of allylic oxidation sites excluding steroid dienone is 1. The molecule has 3 heterocycles. The molecule has 1 aromatic heterocycles. The lowest BCUT2D eigenvalue weighted by Gasteiger charge is -2.36. The van der Waals surface area contributed by atoms with Crippen molar-refractivity contribution >= 4 is 33.8 Å². The number of hydrogen-bond donors (Lipinski definition) is 1. The molecule has 0 radical (unpaired) electrons. The first-order valence-electron chi connectivity index (χ1n) is 11.1. The minimum absolute atomic E-state index is 0.0854. The van der Waals surface area contributed by atoms with Crippen molar-refractivity contribution in [1.82, 2.24) is 9.88 Å². The molecular weight excluding hydrogens is 400 g/mol. The summed E-state index contributed by atoms with van der Waals surface area (Å²) < 4.78 is 5.46. The summed E-state index contributed by atoms with van der Waals surface area (Å²) in [6.45, 7) is 9.20. The van der Waals surface area contributed by atoms with E-state index >= 15 is 0 Å². The van der Waals surface area contributed by atoms with E-state index in [1.165, 1.54) is 16.6 Å². The minimum Gasteiger partial charge on any atom is -0.482 e. The summed E-state index contributed by atoms with van der Waals surface area (Å²) in [7, 11) is 0. The van der Waals surface area contributed by atoms with E-state index in [1.54, 1.807) is 0 Å². The molecule has 6 nitrogen and oxygen atoms in total. The van der Waals surface area contributed by atoms with Gasteiger partial charge in [0, 0.05) is 49.5 Å². The molecule has 2 aliphatic rings. The molecular formula is C26H28N4O2. The number of piperazine rings is 1. The van der Waals surface area contributed by atoms with Crippen molar-refractivity contribution in [3.05, 3.63) is 65.9 Å². The predicted molar refractivity (Wildman–Crippen MR) is 129 cm³/mol. The highest BCUT2D eigenvalue weighted by Crippen LogP contribution is 2.31. The minimum atomic E-state index is -0.105. The van der Waals surface area contributed by atoms with Crippen LogP contribution in [0.5, 0.6) is 5.75 Å². The van der Waals surface area contributed by atoms with E-state index < -0.39 is 0 Å². The number of fused-ring (bicyclic) bond motifs is 2. The molecule has 2 aliphatic heterocycles. The summed E-state index contributed by atoms with van der Waals surface area (Å²) >= 11 is 0. The molecule has 1 saturated heterocycles. The van der Waals surface area contributed by atoms with Gasteiger partial charge in [0.1, 0.15) is 5.75 Å². The third-order valence-electron chi connectivity index (χ3n) is 6.28. The molecule has 6 heteroatoms. The largest absolute Gasteiger partial charge is 0.482 e. The van der Waals surface area contributed by atoms with E-state index in [0.717, 1.165) is 60.9 Å². The van der Waals surface area contributed by atoms with Gasteiger partial charge < -0.3 is 15.0 Å². The van der Waals surface area contributed by atoms with Crippen LogP contribution in [0.25, 0.3) is 16.5 Å². The number of anilines is 2. The summed E-state index contributed by atoms with van der Waals surface area (Å²) in [5.74, 6) is 0.627. The van der Waals surface area contributed by atoms with Gasteiger partial charge in [-0.3, -0.25) is 14.7 Å². The monoisotopic (exact) mass is 428 g/mol. The van der Waals surface area contributed by atoms with Gasteiger partial charge in [-0.2, -0.15) is 0 Å². The summed E-state index contributed by atoms with van der Waals surface area (Å²) in [6.07, 6.45) is 2.27. The second kappa shape index (κ2) is 8.63. The second-order valence-corrected chi connectivity index (χ2v) is 8.52. The third kappa shape index (κ3) is 4.18. The quantitative estimate of drug-likeness (QED) is 0.678. The van der Waals surface area contributed by atoms with Crippen LogP contribution in [0.1, 0.15) is 18.2 Å². The van der Waals surface area contributed by atoms with E-state index in [0.29, 0.717) is 0 Å². The zero-order chi connectivity index (χ0) is 22.1. The molecule has 164 valence electrons. The van der Waals surface area contributed by atoms with Crippen LogP contribution >= 0.6 is 0 Å². The molecule has 0 aliphatic carbocycles. The SMILES string of the molecule is C/C(=C/CN1CCN(c2cccc3nc(C)ccc23)CC1)c1ccc2c(c1)NC(=O)CO2. The predicted octanol–water partition coefficient (Wildman–Crippen LogP) is 4.10. The first kappa shape index (κ1) is 20.5. The Labute approximate surface area is 188 Å². The Morgan fingerprint density at radius 3 is 2.81 bits per heavy atom. The van der Waals surface area contributed by atoms with Crippen molar-refractivity contribution < 1.29 is 9.53 Å². The van der Waals surface area contributed by atoms with Crippen LogP contribution in [0.2, 0.25) is 0 Å². The first-order valence-corrected chi connectivity index (χ1v) is 11.1. The number of aryl methyl sites for hydroxylation is 1. The number of benzene rings is 2. The smallest absolute Gasteiger partial charge is 0.262 e. The van der Waals surface area contributed by atoms with Crippen molar-refractivity contribution in [2.75, 3.05) is 49.5 Å². The molecule has 0 spiro atoms. The molecule has 0 unspecified atom stereocenters. The fraction of sp³-hybridized carbons (Fsp3) is 0.308. The van der Waals surface area contributed by atoms with Crippen molar-refractivity contribution in [2.24, 2.45) is 0 Å². The van der Waals surface area contributed by atoms with Crippen molar-refractivity contribution in [3.63, 3.8) is 0 Å². The number of rotatable bonds is 4. The highest BCUT2D eigenvalue weighted by molar-refractivity contribution is 5.96. The number of carbonyl (C=O) groups is 1. The van der Waals surface area contributed by atoms with Gasteiger partial charge in [0.2, 0.25) is 0 Å². The molecule has 0 bridgehead atoms. The maximum Gasteiger partial charge on any atom is 0.262 e. The number of hydrogen-bond acceptors (Lipinski definition) is 5. The molecule has 5 rings (SSSR count). The van der Waals surface area contributed by atoms with E-state index in [9.17, 15) is 4.79 Å². The van der Waals surface area contributed by atoms with E-state index in [1.807, 2.05) is 19.1 Å². The fourth-order valence-electron chi connectivity index (χ4n) is 4.40. The summed E-state index contributed by atoms with van der Waals surface area (Å²) in [4.78, 5) is 21.2. The van der Waals surface area contributed by atoms with Gasteiger partial charge in [-0.25, -0.2) is 0 Å². The van der Waals surface area contributed by atoms with Gasteiger partial charge in [-0.05, 0) is 61.4 Å². The lowest BCUT2D eigenvalue weighted by molar-refractivity contribution is -0.118. The van der Waals surface area contributed by atoms with Gasteiger partial charge in [-0.1, -0.05) is 18.2 Å². The number of carbonyl (C=O) groups excluding carboxylic acids is 1. The number of nitrogens with zero attached hydrogens (tertiary/aromatic N) is 3. The standard InChI is InChI=1S/C26H28N4O2/c1-18(20-7-9-25-23(16-20)28-26(31)17-32-25)10-11-29-12-14-30(15-13-29)24-5-3-4-22-21(24)8-6-19(2)27-22/h3-10,16H,11-15,17H2,1-2H3,(H,28,31)/b18-10-. The maximum absolute atomic E-state index is 11.6. The topological polar surface area (TPSA) is 57.7 Å². The summed E-state index contributed by atoms with van der Waals surface area (Å²) in [6, 6.07) is 16.7. The average molecular weight is 429 g/mol. The Morgan fingerprint density at radius 1 is 1.12 bits per heavy atom. The second-order valence-electron chi connectivity index (χ2n) is 8.52. The molecule has 3 aromatic rings. The molecule has 1 amide bonds. The number of ether oxygens (including phenoxy) is 1. The number of nitrogens with one attached hydrogen (secondary N) is 1. The summed E-state index contributed by atoms with van der Waals surface area (Å²) in [5, 5.41) is 4.11. The molecule has 2 aromatic carbocycles. The van der Waals surface area contributed by atoms with E-state index in [-0.39, 0.29) is 12.5 Å². The highest BCUT2D eigenvalue weighted by Gasteiger charge is 2.19. The molecule has 1 fully saturated rings. The van der Waals surface area contributed by atoms with E-state index in [2.05, 4.69) is 69.5 Å². The Hall–Kier alpha value is -3.38. The van der Waals surface area contributed by atoms with Crippen LogP contribution in [-0.2, 0) is 4.79 Å². The number of amides is 1. The highest BCUT2D eigenvalue weighted by atomic mass is 16.5. The lowest BCUT2D eigenvalue weighted by atomic mass is 10.1. The Bertz CT molecular complexity index is 1200. The van der Waals surface area contributed by atoms with Crippen LogP contribution in [0.15, 0.2) is 54.6 Å². The lowest BCUT2D eigenvalue weighted by Crippen LogP contribution is -2.46. The van der Waals surface area contributed by atoms with Crippen LogP contribution < -0.4 is 15.0 Å². The Kier molecular flexibility index (Phi) is 5.53. The van der Waals surface area contributed by atoms with Gasteiger partial charge in [0.05, 0.1) is 11.2 Å². The van der Waals surface area contributed by atoms with Gasteiger partial charge >= 0.3 is 0 Å². The van der Waals surface area contributed by atoms with E-state index in [4.69, 9.17) is 4.74 Å². The van der Waals surface area contributed by atoms with Crippen LogP contribution in [-0.4, -0.2) is 55.1 Å². The maximum atomic E-state index is 11.6. The Morgan fingerprint density at radius 2 is 1.97 bits per heavy atom.